The van der Waals surface area contributed by atoms with Gasteiger partial charge in [-0.3, -0.25) is 4.79 Å². The highest BCUT2D eigenvalue weighted by Gasteiger charge is 2.56. The fraction of sp³-hybridized carbons (Fsp3) is 0.933. The largest absolute Gasteiger partial charge is 0.378 e. The number of carbonyl (C=O) groups is 1. The van der Waals surface area contributed by atoms with Gasteiger partial charge in [0.1, 0.15) is 0 Å². The minimum absolute atomic E-state index is 0.203. The Hall–Kier alpha value is -0.610. The molecule has 0 aromatic carbocycles. The van der Waals surface area contributed by atoms with Gasteiger partial charge in [-0.15, -0.1) is 0 Å². The molecule has 1 spiro atoms. The number of ether oxygens (including phenoxy) is 1. The molecule has 3 atom stereocenters. The number of nitrogens with one attached hydrogen (secondary N) is 2. The molecule has 2 saturated carbocycles. The Morgan fingerprint density at radius 1 is 1.42 bits per heavy atom. The number of amides is 1. The average molecular weight is 266 g/mol. The van der Waals surface area contributed by atoms with E-state index in [4.69, 9.17) is 4.74 Å². The molecule has 0 aromatic rings. The van der Waals surface area contributed by atoms with E-state index in [1.165, 1.54) is 25.7 Å². The second-order valence-electron chi connectivity index (χ2n) is 6.38. The normalized spacial score (nSPS) is 37.1. The molecule has 0 radical (unpaired) electrons. The molecule has 1 amide bonds. The highest BCUT2D eigenvalue weighted by Crippen LogP contribution is 2.54. The minimum Gasteiger partial charge on any atom is -0.378 e. The van der Waals surface area contributed by atoms with Crippen LogP contribution in [0, 0.1) is 5.41 Å². The summed E-state index contributed by atoms with van der Waals surface area (Å²) in [4.78, 5) is 11.2. The molecule has 4 heteroatoms. The van der Waals surface area contributed by atoms with Crippen molar-refractivity contribution < 1.29 is 9.53 Å². The van der Waals surface area contributed by atoms with Crippen molar-refractivity contribution in [2.75, 3.05) is 13.2 Å². The standard InChI is InChI=1S/C15H26N2O2/c1-2-19-13-9-12(15(13)7-3-4-8-15)17-11-5-6-14(18)16-10-11/h11-13,17H,2-10H2,1H3,(H,16,18). The summed E-state index contributed by atoms with van der Waals surface area (Å²) in [5, 5.41) is 6.77. The Bertz CT molecular complexity index is 329. The van der Waals surface area contributed by atoms with E-state index in [1.54, 1.807) is 0 Å². The molecule has 3 rings (SSSR count). The van der Waals surface area contributed by atoms with Crippen LogP contribution in [-0.2, 0) is 9.53 Å². The maximum atomic E-state index is 11.2. The molecule has 0 bridgehead atoms. The lowest BCUT2D eigenvalue weighted by atomic mass is 9.60. The molecule has 3 fully saturated rings. The van der Waals surface area contributed by atoms with Crippen molar-refractivity contribution >= 4 is 5.91 Å². The van der Waals surface area contributed by atoms with E-state index in [0.29, 0.717) is 30.0 Å². The lowest BCUT2D eigenvalue weighted by Crippen LogP contribution is -2.65. The van der Waals surface area contributed by atoms with Crippen LogP contribution in [0.25, 0.3) is 0 Å². The van der Waals surface area contributed by atoms with E-state index in [1.807, 2.05) is 0 Å². The summed E-state index contributed by atoms with van der Waals surface area (Å²) in [6.07, 6.45) is 8.60. The van der Waals surface area contributed by atoms with Gasteiger partial charge < -0.3 is 15.4 Å². The van der Waals surface area contributed by atoms with Crippen molar-refractivity contribution in [3.8, 4) is 0 Å². The molecule has 3 unspecified atom stereocenters. The third-order valence-electron chi connectivity index (χ3n) is 5.39. The van der Waals surface area contributed by atoms with E-state index in [-0.39, 0.29) is 5.91 Å². The fourth-order valence-electron chi connectivity index (χ4n) is 4.28. The Morgan fingerprint density at radius 2 is 2.21 bits per heavy atom. The minimum atomic E-state index is 0.203. The van der Waals surface area contributed by atoms with E-state index >= 15 is 0 Å². The van der Waals surface area contributed by atoms with Crippen molar-refractivity contribution in [3.05, 3.63) is 0 Å². The van der Waals surface area contributed by atoms with Crippen molar-refractivity contribution in [2.24, 2.45) is 5.41 Å². The smallest absolute Gasteiger partial charge is 0.220 e. The predicted molar refractivity (Wildman–Crippen MR) is 73.9 cm³/mol. The first kappa shape index (κ1) is 13.4. The SMILES string of the molecule is CCOC1CC(NC2CCC(=O)NC2)C12CCCC2. The molecule has 0 aromatic heterocycles. The molecule has 1 heterocycles. The third kappa shape index (κ3) is 2.40. The van der Waals surface area contributed by atoms with Gasteiger partial charge in [0.15, 0.2) is 0 Å². The van der Waals surface area contributed by atoms with Crippen LogP contribution in [0.5, 0.6) is 0 Å². The summed E-state index contributed by atoms with van der Waals surface area (Å²) >= 11 is 0. The molecule has 1 aliphatic heterocycles. The van der Waals surface area contributed by atoms with Crippen LogP contribution in [-0.4, -0.2) is 37.2 Å². The summed E-state index contributed by atoms with van der Waals surface area (Å²) in [7, 11) is 0. The Balaban J connectivity index is 1.57. The number of hydrogen-bond donors (Lipinski definition) is 2. The highest BCUT2D eigenvalue weighted by molar-refractivity contribution is 5.76. The molecule has 1 saturated heterocycles. The quantitative estimate of drug-likeness (QED) is 0.812. The lowest BCUT2D eigenvalue weighted by Gasteiger charge is -2.55. The molecule has 2 N–H and O–H groups in total. The zero-order valence-electron chi connectivity index (χ0n) is 11.9. The van der Waals surface area contributed by atoms with Gasteiger partial charge in [-0.1, -0.05) is 12.8 Å². The maximum Gasteiger partial charge on any atom is 0.220 e. The second-order valence-corrected chi connectivity index (χ2v) is 6.38. The van der Waals surface area contributed by atoms with E-state index in [2.05, 4.69) is 17.6 Å². The molecular weight excluding hydrogens is 240 g/mol. The van der Waals surface area contributed by atoms with Gasteiger partial charge in [-0.25, -0.2) is 0 Å². The van der Waals surface area contributed by atoms with Gasteiger partial charge in [-0.05, 0) is 32.6 Å². The van der Waals surface area contributed by atoms with Gasteiger partial charge >= 0.3 is 0 Å². The summed E-state index contributed by atoms with van der Waals surface area (Å²) in [5.74, 6) is 0.203. The average Bonchev–Trinajstić information content (AvgIpc) is 2.92. The van der Waals surface area contributed by atoms with Crippen LogP contribution in [0.15, 0.2) is 0 Å². The Kier molecular flexibility index (Phi) is 3.81. The number of hydrogen-bond acceptors (Lipinski definition) is 3. The Labute approximate surface area is 115 Å². The zero-order chi connectivity index (χ0) is 13.3. The number of piperidine rings is 1. The van der Waals surface area contributed by atoms with Crippen LogP contribution < -0.4 is 10.6 Å². The lowest BCUT2D eigenvalue weighted by molar-refractivity contribution is -0.134. The predicted octanol–water partition coefficient (Wildman–Crippen LogP) is 1.59. The van der Waals surface area contributed by atoms with E-state index < -0.39 is 0 Å². The van der Waals surface area contributed by atoms with Crippen LogP contribution >= 0.6 is 0 Å². The molecule has 108 valence electrons. The van der Waals surface area contributed by atoms with Crippen LogP contribution in [0.1, 0.15) is 51.9 Å². The van der Waals surface area contributed by atoms with Gasteiger partial charge in [-0.2, -0.15) is 0 Å². The molecule has 2 aliphatic carbocycles. The van der Waals surface area contributed by atoms with Gasteiger partial charge in [0.2, 0.25) is 5.91 Å². The molecule has 4 nitrogen and oxygen atoms in total. The van der Waals surface area contributed by atoms with Crippen LogP contribution in [0.3, 0.4) is 0 Å². The van der Waals surface area contributed by atoms with Crippen LogP contribution in [0.4, 0.5) is 0 Å². The summed E-state index contributed by atoms with van der Waals surface area (Å²) in [6.45, 7) is 3.73. The summed E-state index contributed by atoms with van der Waals surface area (Å²) in [6, 6.07) is 1.06. The summed E-state index contributed by atoms with van der Waals surface area (Å²) < 4.78 is 5.94. The molecular formula is C15H26N2O2. The first-order chi connectivity index (χ1) is 9.24. The number of carbonyl (C=O) groups excluding carboxylic acids is 1. The van der Waals surface area contributed by atoms with Gasteiger partial charge in [0.05, 0.1) is 6.10 Å². The van der Waals surface area contributed by atoms with Crippen molar-refractivity contribution in [1.82, 2.24) is 10.6 Å². The Morgan fingerprint density at radius 3 is 2.84 bits per heavy atom. The van der Waals surface area contributed by atoms with E-state index in [9.17, 15) is 4.79 Å². The molecule has 19 heavy (non-hydrogen) atoms. The first-order valence-corrected chi connectivity index (χ1v) is 7.89. The fourth-order valence-corrected chi connectivity index (χ4v) is 4.28. The van der Waals surface area contributed by atoms with Gasteiger partial charge in [0.25, 0.3) is 0 Å². The summed E-state index contributed by atoms with van der Waals surface area (Å²) in [5.41, 5.74) is 0.400. The number of rotatable bonds is 4. The monoisotopic (exact) mass is 266 g/mol. The van der Waals surface area contributed by atoms with Crippen molar-refractivity contribution in [2.45, 2.75) is 70.1 Å². The zero-order valence-corrected chi connectivity index (χ0v) is 11.9. The second kappa shape index (κ2) is 5.41. The van der Waals surface area contributed by atoms with Crippen molar-refractivity contribution in [3.63, 3.8) is 0 Å². The third-order valence-corrected chi connectivity index (χ3v) is 5.39. The topological polar surface area (TPSA) is 50.4 Å². The van der Waals surface area contributed by atoms with Gasteiger partial charge in [0, 0.05) is 37.1 Å². The highest BCUT2D eigenvalue weighted by atomic mass is 16.5. The van der Waals surface area contributed by atoms with Crippen molar-refractivity contribution in [1.29, 1.82) is 0 Å². The van der Waals surface area contributed by atoms with E-state index in [0.717, 1.165) is 26.0 Å². The molecule has 3 aliphatic rings. The maximum absolute atomic E-state index is 11.2. The first-order valence-electron chi connectivity index (χ1n) is 7.89. The van der Waals surface area contributed by atoms with Crippen LogP contribution in [0.2, 0.25) is 0 Å².